The van der Waals surface area contributed by atoms with Crippen LogP contribution in [0.2, 0.25) is 0 Å². The van der Waals surface area contributed by atoms with E-state index in [2.05, 4.69) is 10.1 Å². The van der Waals surface area contributed by atoms with Crippen molar-refractivity contribution in [1.29, 1.82) is 0 Å². The van der Waals surface area contributed by atoms with Crippen LogP contribution < -0.4 is 9.47 Å². The molecule has 0 aliphatic heterocycles. The molecule has 8 heteroatoms. The van der Waals surface area contributed by atoms with Gasteiger partial charge in [-0.25, -0.2) is 9.67 Å². The second-order valence-corrected chi connectivity index (χ2v) is 5.00. The molecule has 0 radical (unpaired) electrons. The molecule has 0 saturated carbocycles. The lowest BCUT2D eigenvalue weighted by Gasteiger charge is -2.09. The number of hydrogen-bond acceptors (Lipinski definition) is 6. The molecule has 7 nitrogen and oxygen atoms in total. The summed E-state index contributed by atoms with van der Waals surface area (Å²) in [5.74, 6) is 0.637. The minimum Gasteiger partial charge on any atom is -0.496 e. The molecule has 0 aliphatic carbocycles. The van der Waals surface area contributed by atoms with E-state index in [1.807, 2.05) is 6.07 Å². The zero-order valence-electron chi connectivity index (χ0n) is 11.9. The van der Waals surface area contributed by atoms with Gasteiger partial charge in [-0.2, -0.15) is 0 Å². The molecule has 1 N–H and O–H groups in total. The number of carbonyl (C=O) groups is 1. The van der Waals surface area contributed by atoms with Gasteiger partial charge in [0.05, 0.1) is 20.0 Å². The Kier molecular flexibility index (Phi) is 4.69. The highest BCUT2D eigenvalue weighted by molar-refractivity contribution is 7.99. The lowest BCUT2D eigenvalue weighted by molar-refractivity contribution is -0.133. The number of thioether (sulfide) groups is 1. The Morgan fingerprint density at radius 2 is 1.95 bits per heavy atom. The smallest absolute Gasteiger partial charge is 0.313 e. The van der Waals surface area contributed by atoms with E-state index < -0.39 is 5.97 Å². The van der Waals surface area contributed by atoms with Crippen LogP contribution in [0.1, 0.15) is 0 Å². The fourth-order valence-electron chi connectivity index (χ4n) is 1.80. The third-order valence-electron chi connectivity index (χ3n) is 2.70. The Morgan fingerprint density at radius 1 is 1.33 bits per heavy atom. The van der Waals surface area contributed by atoms with E-state index in [0.29, 0.717) is 28.0 Å². The first-order valence-corrected chi connectivity index (χ1v) is 7.02. The number of aliphatic carboxylic acids is 1. The molecule has 0 fully saturated rings. The van der Waals surface area contributed by atoms with Gasteiger partial charge in [0.2, 0.25) is 0 Å². The van der Waals surface area contributed by atoms with Crippen LogP contribution in [0.15, 0.2) is 23.4 Å². The van der Waals surface area contributed by atoms with Gasteiger partial charge in [-0.3, -0.25) is 4.79 Å². The molecule has 1 aromatic heterocycles. The molecule has 0 bridgehead atoms. The SMILES string of the molecule is COc1cccc(OC)c1-c1nc(SCC(=O)O)n(C)n1. The molecule has 1 heterocycles. The second kappa shape index (κ2) is 6.49. The maximum absolute atomic E-state index is 10.6. The number of rotatable bonds is 6. The maximum Gasteiger partial charge on any atom is 0.313 e. The summed E-state index contributed by atoms with van der Waals surface area (Å²) in [4.78, 5) is 15.0. The maximum atomic E-state index is 10.6. The molecule has 2 rings (SSSR count). The average Bonchev–Trinajstić information content (AvgIpc) is 2.84. The van der Waals surface area contributed by atoms with Crippen molar-refractivity contribution in [1.82, 2.24) is 14.8 Å². The Morgan fingerprint density at radius 3 is 2.48 bits per heavy atom. The molecule has 21 heavy (non-hydrogen) atoms. The van der Waals surface area contributed by atoms with Crippen LogP contribution in [-0.4, -0.2) is 45.8 Å². The Hall–Kier alpha value is -2.22. The number of methoxy groups -OCH3 is 2. The first-order chi connectivity index (χ1) is 10.1. The van der Waals surface area contributed by atoms with Crippen LogP contribution >= 0.6 is 11.8 Å². The van der Waals surface area contributed by atoms with Crippen LogP contribution in [0.4, 0.5) is 0 Å². The Balaban J connectivity index is 2.43. The van der Waals surface area contributed by atoms with Crippen LogP contribution in [-0.2, 0) is 11.8 Å². The van der Waals surface area contributed by atoms with E-state index in [4.69, 9.17) is 14.6 Å². The van der Waals surface area contributed by atoms with Crippen molar-refractivity contribution < 1.29 is 19.4 Å². The van der Waals surface area contributed by atoms with E-state index >= 15 is 0 Å². The van der Waals surface area contributed by atoms with E-state index in [1.54, 1.807) is 33.4 Å². The summed E-state index contributed by atoms with van der Waals surface area (Å²) in [5.41, 5.74) is 0.639. The third kappa shape index (κ3) is 3.27. The van der Waals surface area contributed by atoms with Crippen molar-refractivity contribution in [2.24, 2.45) is 7.05 Å². The van der Waals surface area contributed by atoms with Crippen molar-refractivity contribution >= 4 is 17.7 Å². The predicted molar refractivity (Wildman–Crippen MR) is 77.9 cm³/mol. The number of aromatic nitrogens is 3. The third-order valence-corrected chi connectivity index (χ3v) is 3.70. The van der Waals surface area contributed by atoms with Gasteiger partial charge in [0, 0.05) is 7.05 Å². The number of carboxylic acid groups (broad SMARTS) is 1. The van der Waals surface area contributed by atoms with Gasteiger partial charge in [-0.15, -0.1) is 5.10 Å². The van der Waals surface area contributed by atoms with Crippen molar-refractivity contribution in [3.63, 3.8) is 0 Å². The van der Waals surface area contributed by atoms with Crippen molar-refractivity contribution in [3.8, 4) is 22.9 Å². The highest BCUT2D eigenvalue weighted by Crippen LogP contribution is 2.37. The van der Waals surface area contributed by atoms with Crippen LogP contribution in [0.3, 0.4) is 0 Å². The van der Waals surface area contributed by atoms with Crippen LogP contribution in [0, 0.1) is 0 Å². The quantitative estimate of drug-likeness (QED) is 0.812. The lowest BCUT2D eigenvalue weighted by Crippen LogP contribution is -2.00. The average molecular weight is 309 g/mol. The molecule has 112 valence electrons. The van der Waals surface area contributed by atoms with E-state index in [-0.39, 0.29) is 5.75 Å². The summed E-state index contributed by atoms with van der Waals surface area (Å²) in [7, 11) is 4.82. The fourth-order valence-corrected chi connectivity index (χ4v) is 2.43. The minimum absolute atomic E-state index is 0.0744. The van der Waals surface area contributed by atoms with Gasteiger partial charge in [0.25, 0.3) is 0 Å². The van der Waals surface area contributed by atoms with Gasteiger partial charge in [0.1, 0.15) is 17.1 Å². The number of hydrogen-bond donors (Lipinski definition) is 1. The summed E-state index contributed by atoms with van der Waals surface area (Å²) in [6.07, 6.45) is 0. The number of ether oxygens (including phenoxy) is 2. The number of carboxylic acids is 1. The molecule has 0 amide bonds. The summed E-state index contributed by atoms with van der Waals surface area (Å²) >= 11 is 1.11. The molecule has 1 aromatic carbocycles. The normalized spacial score (nSPS) is 10.4. The van der Waals surface area contributed by atoms with E-state index in [1.165, 1.54) is 4.68 Å². The topological polar surface area (TPSA) is 86.5 Å². The number of benzene rings is 1. The van der Waals surface area contributed by atoms with E-state index in [0.717, 1.165) is 11.8 Å². The van der Waals surface area contributed by atoms with Crippen LogP contribution in [0.5, 0.6) is 11.5 Å². The van der Waals surface area contributed by atoms with Crippen LogP contribution in [0.25, 0.3) is 11.4 Å². The zero-order valence-corrected chi connectivity index (χ0v) is 12.7. The molecular formula is C13H15N3O4S. The van der Waals surface area contributed by atoms with Gasteiger partial charge in [0.15, 0.2) is 11.0 Å². The van der Waals surface area contributed by atoms with Gasteiger partial charge < -0.3 is 14.6 Å². The monoisotopic (exact) mass is 309 g/mol. The molecular weight excluding hydrogens is 294 g/mol. The standard InChI is InChI=1S/C13H15N3O4S/c1-16-13(21-7-10(17)18)14-12(15-16)11-8(19-2)5-4-6-9(11)20-3/h4-6H,7H2,1-3H3,(H,17,18). The molecule has 0 saturated heterocycles. The summed E-state index contributed by atoms with van der Waals surface area (Å²) in [6, 6.07) is 5.39. The first kappa shape index (κ1) is 15.2. The molecule has 0 atom stereocenters. The van der Waals surface area contributed by atoms with E-state index in [9.17, 15) is 4.79 Å². The summed E-state index contributed by atoms with van der Waals surface area (Å²) in [6.45, 7) is 0. The van der Waals surface area contributed by atoms with Crippen molar-refractivity contribution in [2.75, 3.05) is 20.0 Å². The molecule has 0 spiro atoms. The second-order valence-electron chi connectivity index (χ2n) is 4.06. The van der Waals surface area contributed by atoms with Crippen molar-refractivity contribution in [3.05, 3.63) is 18.2 Å². The molecule has 0 unspecified atom stereocenters. The first-order valence-electron chi connectivity index (χ1n) is 6.03. The zero-order chi connectivity index (χ0) is 15.4. The van der Waals surface area contributed by atoms with Gasteiger partial charge in [-0.1, -0.05) is 17.8 Å². The van der Waals surface area contributed by atoms with Gasteiger partial charge >= 0.3 is 5.97 Å². The summed E-state index contributed by atoms with van der Waals surface area (Å²) < 4.78 is 12.2. The molecule has 2 aromatic rings. The lowest BCUT2D eigenvalue weighted by atomic mass is 10.1. The highest BCUT2D eigenvalue weighted by atomic mass is 32.2. The fraction of sp³-hybridized carbons (Fsp3) is 0.308. The van der Waals surface area contributed by atoms with Gasteiger partial charge in [-0.05, 0) is 12.1 Å². The Bertz CT molecular complexity index is 635. The molecule has 0 aliphatic rings. The predicted octanol–water partition coefficient (Wildman–Crippen LogP) is 1.68. The summed E-state index contributed by atoms with van der Waals surface area (Å²) in [5, 5.41) is 13.6. The largest absolute Gasteiger partial charge is 0.496 e. The Labute approximate surface area is 125 Å². The highest BCUT2D eigenvalue weighted by Gasteiger charge is 2.19. The number of nitrogens with zero attached hydrogens (tertiary/aromatic N) is 3. The minimum atomic E-state index is -0.903. The van der Waals surface area contributed by atoms with Crippen molar-refractivity contribution in [2.45, 2.75) is 5.16 Å². The number of aryl methyl sites for hydroxylation is 1.